The smallest absolute Gasteiger partial charge is 0.164 e. The Morgan fingerprint density at radius 1 is 0.373 bits per heavy atom. The summed E-state index contributed by atoms with van der Waals surface area (Å²) < 4.78 is 7.47. The van der Waals surface area contributed by atoms with Crippen LogP contribution >= 0.6 is 22.7 Å². The van der Waals surface area contributed by atoms with Crippen LogP contribution in [0.5, 0.6) is 0 Å². The van der Waals surface area contributed by atoms with Gasteiger partial charge in [-0.1, -0.05) is 121 Å². The van der Waals surface area contributed by atoms with Crippen molar-refractivity contribution >= 4 is 84.8 Å². The van der Waals surface area contributed by atoms with Crippen molar-refractivity contribution in [1.82, 2.24) is 19.5 Å². The Hall–Kier alpha value is -6.21. The topological polar surface area (TPSA) is 43.6 Å². The van der Waals surface area contributed by atoms with E-state index in [0.29, 0.717) is 17.5 Å². The number of fused-ring (bicyclic) bond motifs is 10. The summed E-state index contributed by atoms with van der Waals surface area (Å²) in [5.74, 6) is 2.01. The van der Waals surface area contributed by atoms with E-state index in [2.05, 4.69) is 126 Å². The molecule has 0 fully saturated rings. The number of para-hydroxylation sites is 2. The zero-order valence-corrected chi connectivity index (χ0v) is 28.7. The highest BCUT2D eigenvalue weighted by molar-refractivity contribution is 7.28. The second-order valence-electron chi connectivity index (χ2n) is 12.8. The number of benzene rings is 7. The average molecular weight is 687 g/mol. The lowest BCUT2D eigenvalue weighted by molar-refractivity contribution is 1.08. The zero-order chi connectivity index (χ0) is 33.5. The van der Waals surface area contributed by atoms with Crippen LogP contribution < -0.4 is 0 Å². The molecule has 4 heterocycles. The molecular weight excluding hydrogens is 661 g/mol. The van der Waals surface area contributed by atoms with Gasteiger partial charge in [0.1, 0.15) is 0 Å². The molecule has 51 heavy (non-hydrogen) atoms. The molecule has 0 aliphatic rings. The molecule has 11 aromatic rings. The summed E-state index contributed by atoms with van der Waals surface area (Å²) in [6, 6.07) is 55.8. The van der Waals surface area contributed by atoms with E-state index in [1.807, 2.05) is 59.1 Å². The third kappa shape index (κ3) is 4.34. The van der Waals surface area contributed by atoms with Gasteiger partial charge < -0.3 is 4.57 Å². The van der Waals surface area contributed by atoms with E-state index in [1.165, 1.54) is 67.8 Å². The molecule has 0 aliphatic heterocycles. The minimum Gasteiger partial charge on any atom is -0.308 e. The summed E-state index contributed by atoms with van der Waals surface area (Å²) in [6.45, 7) is 0. The van der Waals surface area contributed by atoms with Crippen molar-refractivity contribution in [3.63, 3.8) is 0 Å². The number of hydrogen-bond donors (Lipinski definition) is 0. The molecule has 0 radical (unpaired) electrons. The third-order valence-corrected chi connectivity index (χ3v) is 12.2. The standard InChI is InChI=1S/C45H26N4S2/c1-3-13-27(14-4-1)43-46-44(28-15-5-2-6-16-28)48-45(47-43)32-20-12-24-36-40(32)41-38(50-36)26-25-37-39(41)31-19-11-23-35(42(31)51-37)49-33-21-9-7-17-29(33)30-18-8-10-22-34(30)49/h1-26H. The van der Waals surface area contributed by atoms with Crippen LogP contribution in [-0.4, -0.2) is 19.5 Å². The number of rotatable bonds is 4. The van der Waals surface area contributed by atoms with Crippen molar-refractivity contribution in [2.24, 2.45) is 0 Å². The molecule has 11 rings (SSSR count). The van der Waals surface area contributed by atoms with E-state index in [-0.39, 0.29) is 0 Å². The first kappa shape index (κ1) is 28.6. The van der Waals surface area contributed by atoms with Crippen LogP contribution in [0.1, 0.15) is 0 Å². The fourth-order valence-corrected chi connectivity index (χ4v) is 10.0. The molecule has 0 saturated heterocycles. The number of nitrogens with zero attached hydrogens (tertiary/aromatic N) is 4. The van der Waals surface area contributed by atoms with Gasteiger partial charge in [-0.25, -0.2) is 15.0 Å². The van der Waals surface area contributed by atoms with Crippen molar-refractivity contribution in [3.05, 3.63) is 158 Å². The second-order valence-corrected chi connectivity index (χ2v) is 14.9. The van der Waals surface area contributed by atoms with E-state index >= 15 is 0 Å². The SMILES string of the molecule is c1ccc(-c2nc(-c3ccccc3)nc(-c3cccc4sc5ccc6sc7c(-n8c9ccccc9c9ccccc98)cccc7c6c5c34)n2)cc1. The van der Waals surface area contributed by atoms with Crippen molar-refractivity contribution in [1.29, 1.82) is 0 Å². The van der Waals surface area contributed by atoms with Gasteiger partial charge in [-0.2, -0.15) is 0 Å². The molecule has 0 atom stereocenters. The first-order valence-electron chi connectivity index (χ1n) is 17.0. The van der Waals surface area contributed by atoms with Gasteiger partial charge in [-0.05, 0) is 36.4 Å². The zero-order valence-electron chi connectivity index (χ0n) is 27.1. The molecule has 238 valence electrons. The predicted octanol–water partition coefficient (Wildman–Crippen LogP) is 12.7. The molecule has 0 spiro atoms. The van der Waals surface area contributed by atoms with Crippen LogP contribution in [0.25, 0.3) is 102 Å². The summed E-state index contributed by atoms with van der Waals surface area (Å²) in [6.07, 6.45) is 0. The van der Waals surface area contributed by atoms with E-state index in [1.54, 1.807) is 0 Å². The van der Waals surface area contributed by atoms with E-state index < -0.39 is 0 Å². The first-order valence-corrected chi connectivity index (χ1v) is 18.6. The maximum Gasteiger partial charge on any atom is 0.164 e. The summed E-state index contributed by atoms with van der Waals surface area (Å²) in [5.41, 5.74) is 6.58. The van der Waals surface area contributed by atoms with Crippen molar-refractivity contribution in [2.75, 3.05) is 0 Å². The van der Waals surface area contributed by atoms with Crippen LogP contribution in [0.15, 0.2) is 158 Å². The summed E-state index contributed by atoms with van der Waals surface area (Å²) in [5, 5.41) is 7.54. The molecule has 6 heteroatoms. The lowest BCUT2D eigenvalue weighted by Gasteiger charge is -2.10. The molecule has 4 nitrogen and oxygen atoms in total. The Bertz CT molecular complexity index is 3030. The van der Waals surface area contributed by atoms with E-state index in [4.69, 9.17) is 15.0 Å². The summed E-state index contributed by atoms with van der Waals surface area (Å²) >= 11 is 3.71. The molecule has 0 N–H and O–H groups in total. The van der Waals surface area contributed by atoms with Gasteiger partial charge >= 0.3 is 0 Å². The third-order valence-electron chi connectivity index (χ3n) is 9.86. The van der Waals surface area contributed by atoms with Crippen LogP contribution in [0.4, 0.5) is 0 Å². The van der Waals surface area contributed by atoms with Crippen molar-refractivity contribution < 1.29 is 0 Å². The Morgan fingerprint density at radius 3 is 1.57 bits per heavy atom. The van der Waals surface area contributed by atoms with Crippen LogP contribution in [0.3, 0.4) is 0 Å². The molecule has 0 aliphatic carbocycles. The molecule has 4 aromatic heterocycles. The fraction of sp³-hybridized carbons (Fsp3) is 0. The molecule has 0 amide bonds. The predicted molar refractivity (Wildman–Crippen MR) is 216 cm³/mol. The second kappa shape index (κ2) is 11.2. The largest absolute Gasteiger partial charge is 0.308 e. The maximum atomic E-state index is 5.15. The molecule has 0 bridgehead atoms. The Labute approximate surface area is 300 Å². The monoisotopic (exact) mass is 686 g/mol. The normalized spacial score (nSPS) is 11.9. The summed E-state index contributed by atoms with van der Waals surface area (Å²) in [4.78, 5) is 15.3. The van der Waals surface area contributed by atoms with E-state index in [9.17, 15) is 0 Å². The van der Waals surface area contributed by atoms with Gasteiger partial charge in [0.25, 0.3) is 0 Å². The van der Waals surface area contributed by atoms with Crippen molar-refractivity contribution in [2.45, 2.75) is 0 Å². The minimum absolute atomic E-state index is 0.665. The van der Waals surface area contributed by atoms with Gasteiger partial charge in [0.2, 0.25) is 0 Å². The molecule has 0 saturated carbocycles. The first-order chi connectivity index (χ1) is 25.3. The van der Waals surface area contributed by atoms with Crippen molar-refractivity contribution in [3.8, 4) is 39.9 Å². The fourth-order valence-electron chi connectivity index (χ4n) is 7.66. The number of thiophene rings is 2. The van der Waals surface area contributed by atoms with Crippen LogP contribution in [0, 0.1) is 0 Å². The molecular formula is C45H26N4S2. The molecule has 0 unspecified atom stereocenters. The maximum absolute atomic E-state index is 5.15. The molecule has 7 aromatic carbocycles. The number of aromatic nitrogens is 4. The Kier molecular flexibility index (Phi) is 6.26. The van der Waals surface area contributed by atoms with Gasteiger partial charge in [0.05, 0.1) is 21.4 Å². The van der Waals surface area contributed by atoms with Gasteiger partial charge in [0.15, 0.2) is 17.5 Å². The highest BCUT2D eigenvalue weighted by Crippen LogP contribution is 2.48. The van der Waals surface area contributed by atoms with Gasteiger partial charge in [-0.15, -0.1) is 22.7 Å². The number of hydrogen-bond acceptors (Lipinski definition) is 5. The lowest BCUT2D eigenvalue weighted by Crippen LogP contribution is -2.00. The minimum atomic E-state index is 0.665. The highest BCUT2D eigenvalue weighted by Gasteiger charge is 2.22. The van der Waals surface area contributed by atoms with Crippen LogP contribution in [0.2, 0.25) is 0 Å². The Balaban J connectivity index is 1.21. The summed E-state index contributed by atoms with van der Waals surface area (Å²) in [7, 11) is 0. The van der Waals surface area contributed by atoms with Gasteiger partial charge in [-0.3, -0.25) is 0 Å². The Morgan fingerprint density at radius 2 is 0.902 bits per heavy atom. The van der Waals surface area contributed by atoms with Gasteiger partial charge in [0, 0.05) is 63.1 Å². The average Bonchev–Trinajstić information content (AvgIpc) is 3.88. The van der Waals surface area contributed by atoms with Crippen LogP contribution in [-0.2, 0) is 0 Å². The quantitative estimate of drug-likeness (QED) is 0.185. The lowest BCUT2D eigenvalue weighted by atomic mass is 10.0. The van der Waals surface area contributed by atoms with E-state index in [0.717, 1.165) is 16.7 Å². The highest BCUT2D eigenvalue weighted by atomic mass is 32.1.